The number of likely N-dealkylation sites (N-methyl/N-ethyl adjacent to an activating group) is 1. The quantitative estimate of drug-likeness (QED) is 0.356. The molecule has 1 saturated heterocycles. The number of carbonyl (C=O) groups is 5. The number of carboxylic acids is 1. The van der Waals surface area contributed by atoms with Gasteiger partial charge in [-0.2, -0.15) is 0 Å². The molecule has 1 aliphatic heterocycles. The number of hydrogen-bond acceptors (Lipinski definition) is 6. The molecule has 0 aromatic heterocycles. The molecule has 44 heavy (non-hydrogen) atoms. The highest BCUT2D eigenvalue weighted by Gasteiger charge is 2.41. The number of hydrogen-bond donors (Lipinski definition) is 3. The fourth-order valence-corrected chi connectivity index (χ4v) is 6.23. The second-order valence-electron chi connectivity index (χ2n) is 12.4. The van der Waals surface area contributed by atoms with Crippen molar-refractivity contribution in [1.82, 2.24) is 20.4 Å². The van der Waals surface area contributed by atoms with E-state index >= 15 is 0 Å². The summed E-state index contributed by atoms with van der Waals surface area (Å²) < 4.78 is 5.63. The molecule has 0 bridgehead atoms. The average Bonchev–Trinajstić information content (AvgIpc) is 3.61. The number of likely N-dealkylation sites (tertiary alicyclic amines) is 1. The van der Waals surface area contributed by atoms with Gasteiger partial charge < -0.3 is 30.3 Å². The maximum absolute atomic E-state index is 13.7. The minimum Gasteiger partial charge on any atom is -0.481 e. The zero-order valence-corrected chi connectivity index (χ0v) is 26.0. The lowest BCUT2D eigenvalue weighted by Gasteiger charge is -2.36. The third-order valence-corrected chi connectivity index (χ3v) is 8.34. The minimum atomic E-state index is -1.45. The second-order valence-corrected chi connectivity index (χ2v) is 12.4. The van der Waals surface area contributed by atoms with Crippen molar-refractivity contribution >= 4 is 29.8 Å². The first-order valence-electron chi connectivity index (χ1n) is 15.0. The Morgan fingerprint density at radius 2 is 1.52 bits per heavy atom. The van der Waals surface area contributed by atoms with Crippen LogP contribution >= 0.6 is 0 Å². The number of rotatable bonds is 11. The van der Waals surface area contributed by atoms with Gasteiger partial charge in [0.2, 0.25) is 17.7 Å². The van der Waals surface area contributed by atoms with E-state index < -0.39 is 53.8 Å². The molecule has 1 fully saturated rings. The topological polar surface area (TPSA) is 145 Å². The standard InChI is InChI=1S/C33H42N4O7/c1-20(2)28(29(40)34-26(18-27(38)39)30(41)37-16-10-11-17-37)36(5)31(42)33(3,4)35-32(43)44-19-25-23-14-8-6-12-21(23)22-13-7-9-15-24(22)25/h6-9,12-15,20,25-26,28H,10-11,16-19H2,1-5H3,(H,34,40)(H,35,43)(H,38,39)/t26-,28-/m0/s1. The number of carbonyl (C=O) groups excluding carboxylic acids is 4. The van der Waals surface area contributed by atoms with Crippen LogP contribution in [0.25, 0.3) is 11.1 Å². The number of carboxylic acid groups (broad SMARTS) is 1. The molecule has 0 unspecified atom stereocenters. The number of amides is 4. The Morgan fingerprint density at radius 1 is 0.977 bits per heavy atom. The summed E-state index contributed by atoms with van der Waals surface area (Å²) in [4.78, 5) is 67.4. The molecule has 1 aliphatic carbocycles. The van der Waals surface area contributed by atoms with E-state index in [0.717, 1.165) is 35.1 Å². The van der Waals surface area contributed by atoms with Gasteiger partial charge in [-0.3, -0.25) is 19.2 Å². The fraction of sp³-hybridized carbons (Fsp3) is 0.485. The van der Waals surface area contributed by atoms with E-state index in [1.165, 1.54) is 25.8 Å². The first-order chi connectivity index (χ1) is 20.8. The predicted molar refractivity (Wildman–Crippen MR) is 164 cm³/mol. The van der Waals surface area contributed by atoms with Gasteiger partial charge in [-0.1, -0.05) is 62.4 Å². The van der Waals surface area contributed by atoms with Gasteiger partial charge in [0.05, 0.1) is 6.42 Å². The van der Waals surface area contributed by atoms with E-state index in [2.05, 4.69) is 10.6 Å². The van der Waals surface area contributed by atoms with E-state index in [0.29, 0.717) is 13.1 Å². The summed E-state index contributed by atoms with van der Waals surface area (Å²) in [7, 11) is 1.45. The van der Waals surface area contributed by atoms with Gasteiger partial charge in [-0.15, -0.1) is 0 Å². The summed E-state index contributed by atoms with van der Waals surface area (Å²) >= 11 is 0. The van der Waals surface area contributed by atoms with Crippen molar-refractivity contribution in [2.75, 3.05) is 26.7 Å². The molecule has 4 amide bonds. The maximum Gasteiger partial charge on any atom is 0.408 e. The first kappa shape index (κ1) is 32.5. The molecule has 4 rings (SSSR count). The van der Waals surface area contributed by atoms with Crippen LogP contribution in [0, 0.1) is 5.92 Å². The van der Waals surface area contributed by atoms with E-state index in [9.17, 15) is 29.1 Å². The molecule has 11 heteroatoms. The SMILES string of the molecule is CC(C)[C@@H](C(=O)N[C@@H](CC(=O)O)C(=O)N1CCCC1)N(C)C(=O)C(C)(C)NC(=O)OCC1c2ccccc2-c2ccccc21. The van der Waals surface area contributed by atoms with Crippen molar-refractivity contribution < 1.29 is 33.8 Å². The molecular formula is C33H42N4O7. The molecular weight excluding hydrogens is 564 g/mol. The zero-order valence-electron chi connectivity index (χ0n) is 26.0. The third kappa shape index (κ3) is 7.03. The van der Waals surface area contributed by atoms with Gasteiger partial charge in [-0.25, -0.2) is 4.79 Å². The summed E-state index contributed by atoms with van der Waals surface area (Å²) in [6.45, 7) is 7.62. The van der Waals surface area contributed by atoms with Gasteiger partial charge in [-0.05, 0) is 54.9 Å². The van der Waals surface area contributed by atoms with E-state index in [4.69, 9.17) is 4.74 Å². The van der Waals surface area contributed by atoms with Crippen LogP contribution in [-0.2, 0) is 23.9 Å². The number of aliphatic carboxylic acids is 1. The molecule has 3 N–H and O–H groups in total. The van der Waals surface area contributed by atoms with E-state index in [-0.39, 0.29) is 18.4 Å². The lowest BCUT2D eigenvalue weighted by molar-refractivity contribution is -0.147. The molecule has 236 valence electrons. The van der Waals surface area contributed by atoms with Crippen molar-refractivity contribution in [2.24, 2.45) is 5.92 Å². The van der Waals surface area contributed by atoms with Crippen LogP contribution in [0.1, 0.15) is 64.0 Å². The van der Waals surface area contributed by atoms with E-state index in [1.54, 1.807) is 18.7 Å². The molecule has 0 radical (unpaired) electrons. The number of fused-ring (bicyclic) bond motifs is 3. The summed E-state index contributed by atoms with van der Waals surface area (Å²) in [6, 6.07) is 13.7. The molecule has 0 saturated carbocycles. The Bertz CT molecular complexity index is 1370. The lowest BCUT2D eigenvalue weighted by atomic mass is 9.97. The van der Waals surface area contributed by atoms with Crippen molar-refractivity contribution in [3.8, 4) is 11.1 Å². The largest absolute Gasteiger partial charge is 0.481 e. The monoisotopic (exact) mass is 606 g/mol. The van der Waals surface area contributed by atoms with Crippen LogP contribution in [0.3, 0.4) is 0 Å². The molecule has 2 aromatic carbocycles. The zero-order chi connectivity index (χ0) is 32.2. The summed E-state index contributed by atoms with van der Waals surface area (Å²) in [5.41, 5.74) is 2.87. The van der Waals surface area contributed by atoms with Crippen LogP contribution in [0.5, 0.6) is 0 Å². The van der Waals surface area contributed by atoms with E-state index in [1.807, 2.05) is 48.5 Å². The van der Waals surface area contributed by atoms with Crippen LogP contribution in [0.4, 0.5) is 4.79 Å². The Morgan fingerprint density at radius 3 is 2.05 bits per heavy atom. The molecule has 2 aromatic rings. The predicted octanol–water partition coefficient (Wildman–Crippen LogP) is 3.37. The van der Waals surface area contributed by atoms with Crippen molar-refractivity contribution in [3.63, 3.8) is 0 Å². The molecule has 0 spiro atoms. The van der Waals surface area contributed by atoms with Gasteiger partial charge >= 0.3 is 12.1 Å². The van der Waals surface area contributed by atoms with Crippen molar-refractivity contribution in [2.45, 2.75) is 70.5 Å². The van der Waals surface area contributed by atoms with Gasteiger partial charge in [0.15, 0.2) is 0 Å². The van der Waals surface area contributed by atoms with Gasteiger partial charge in [0, 0.05) is 26.1 Å². The Balaban J connectivity index is 1.41. The summed E-state index contributed by atoms with van der Waals surface area (Å²) in [5.74, 6) is -3.41. The average molecular weight is 607 g/mol. The summed E-state index contributed by atoms with van der Waals surface area (Å²) in [5, 5.41) is 14.6. The summed E-state index contributed by atoms with van der Waals surface area (Å²) in [6.07, 6.45) is 0.286. The fourth-order valence-electron chi connectivity index (χ4n) is 6.23. The molecule has 2 atom stereocenters. The second kappa shape index (κ2) is 13.5. The highest BCUT2D eigenvalue weighted by molar-refractivity contribution is 5.96. The van der Waals surface area contributed by atoms with Crippen molar-refractivity contribution in [3.05, 3.63) is 59.7 Å². The Hall–Kier alpha value is -4.41. The maximum atomic E-state index is 13.7. The smallest absolute Gasteiger partial charge is 0.408 e. The molecule has 1 heterocycles. The number of benzene rings is 2. The van der Waals surface area contributed by atoms with Crippen LogP contribution in [0.15, 0.2) is 48.5 Å². The third-order valence-electron chi connectivity index (χ3n) is 8.34. The minimum absolute atomic E-state index is 0.0764. The highest BCUT2D eigenvalue weighted by atomic mass is 16.5. The highest BCUT2D eigenvalue weighted by Crippen LogP contribution is 2.44. The van der Waals surface area contributed by atoms with Crippen LogP contribution in [-0.4, -0.2) is 89.1 Å². The molecule has 2 aliphatic rings. The first-order valence-corrected chi connectivity index (χ1v) is 15.0. The number of ether oxygens (including phenoxy) is 1. The van der Waals surface area contributed by atoms with Gasteiger partial charge in [0.25, 0.3) is 0 Å². The van der Waals surface area contributed by atoms with Gasteiger partial charge in [0.1, 0.15) is 24.2 Å². The molecule has 11 nitrogen and oxygen atoms in total. The van der Waals surface area contributed by atoms with Crippen LogP contribution < -0.4 is 10.6 Å². The number of nitrogens with zero attached hydrogens (tertiary/aromatic N) is 2. The van der Waals surface area contributed by atoms with Crippen LogP contribution in [0.2, 0.25) is 0 Å². The lowest BCUT2D eigenvalue weighted by Crippen LogP contribution is -2.62. The number of alkyl carbamates (subject to hydrolysis) is 1. The Labute approximate surface area is 257 Å². The number of nitrogens with one attached hydrogen (secondary N) is 2. The van der Waals surface area contributed by atoms with Crippen molar-refractivity contribution in [1.29, 1.82) is 0 Å². The normalized spacial score (nSPS) is 15.6. The Kier molecular flexibility index (Phi) is 9.96.